The zero-order valence-corrected chi connectivity index (χ0v) is 12.0. The van der Waals surface area contributed by atoms with Crippen LogP contribution in [0.2, 0.25) is 0 Å². The van der Waals surface area contributed by atoms with E-state index in [9.17, 15) is 0 Å². The minimum Gasteiger partial charge on any atom is -0.376 e. The van der Waals surface area contributed by atoms with Gasteiger partial charge in [0, 0.05) is 21.6 Å². The van der Waals surface area contributed by atoms with E-state index in [1.807, 2.05) is 0 Å². The van der Waals surface area contributed by atoms with Crippen LogP contribution in [0.25, 0.3) is 0 Å². The zero-order valence-electron chi connectivity index (χ0n) is 9.61. The summed E-state index contributed by atoms with van der Waals surface area (Å²) in [7, 11) is 0. The average Bonchev–Trinajstić information content (AvgIpc) is 2.72. The molecule has 0 bridgehead atoms. The van der Waals surface area contributed by atoms with E-state index < -0.39 is 0 Å². The molecular formula is C13H15BrN2S. The summed E-state index contributed by atoms with van der Waals surface area (Å²) in [4.78, 5) is 1.24. The summed E-state index contributed by atoms with van der Waals surface area (Å²) in [5, 5.41) is 5.54. The summed E-state index contributed by atoms with van der Waals surface area (Å²) >= 11 is 5.27. The average molecular weight is 311 g/mol. The van der Waals surface area contributed by atoms with Gasteiger partial charge in [-0.15, -0.1) is 11.3 Å². The van der Waals surface area contributed by atoms with Gasteiger partial charge in [0.1, 0.15) is 0 Å². The molecule has 1 aromatic carbocycles. The van der Waals surface area contributed by atoms with E-state index >= 15 is 0 Å². The summed E-state index contributed by atoms with van der Waals surface area (Å²) in [6, 6.07) is 10.5. The van der Waals surface area contributed by atoms with Crippen LogP contribution in [0.15, 0.2) is 40.2 Å². The number of hydrogen-bond acceptors (Lipinski definition) is 3. The van der Waals surface area contributed by atoms with Crippen molar-refractivity contribution < 1.29 is 0 Å². The van der Waals surface area contributed by atoms with Crippen LogP contribution >= 0.6 is 27.3 Å². The molecule has 4 heteroatoms. The molecule has 0 spiro atoms. The van der Waals surface area contributed by atoms with Gasteiger partial charge in [-0.1, -0.05) is 12.1 Å². The highest BCUT2D eigenvalue weighted by atomic mass is 79.9. The Morgan fingerprint density at radius 2 is 2.24 bits per heavy atom. The van der Waals surface area contributed by atoms with E-state index in [4.69, 9.17) is 5.73 Å². The molecule has 1 aromatic heterocycles. The number of nitrogens with one attached hydrogen (secondary N) is 1. The van der Waals surface area contributed by atoms with E-state index in [1.165, 1.54) is 10.4 Å². The minimum atomic E-state index is 0.158. The monoisotopic (exact) mass is 310 g/mol. The number of thiophene rings is 1. The summed E-state index contributed by atoms with van der Waals surface area (Å²) in [6.45, 7) is 2.66. The molecule has 2 aromatic rings. The van der Waals surface area contributed by atoms with Crippen LogP contribution in [0.3, 0.4) is 0 Å². The zero-order chi connectivity index (χ0) is 12.3. The largest absolute Gasteiger partial charge is 0.376 e. The lowest BCUT2D eigenvalue weighted by Crippen LogP contribution is -2.19. The molecule has 0 aliphatic heterocycles. The molecule has 0 aliphatic rings. The van der Waals surface area contributed by atoms with Crippen LogP contribution < -0.4 is 11.1 Å². The van der Waals surface area contributed by atoms with Gasteiger partial charge in [0.25, 0.3) is 0 Å². The maximum Gasteiger partial charge on any atom is 0.0739 e. The maximum atomic E-state index is 5.84. The second kappa shape index (κ2) is 5.67. The van der Waals surface area contributed by atoms with Gasteiger partial charge in [-0.2, -0.15) is 0 Å². The molecule has 3 N–H and O–H groups in total. The lowest BCUT2D eigenvalue weighted by Gasteiger charge is -2.17. The molecule has 1 atom stereocenters. The quantitative estimate of drug-likeness (QED) is 0.898. The molecule has 0 saturated heterocycles. The van der Waals surface area contributed by atoms with Crippen LogP contribution in [0.1, 0.15) is 16.5 Å². The minimum absolute atomic E-state index is 0.158. The van der Waals surface area contributed by atoms with Crippen molar-refractivity contribution in [3.8, 4) is 0 Å². The number of anilines is 1. The number of nitrogens with two attached hydrogens (primary N) is 1. The fourth-order valence-electron chi connectivity index (χ4n) is 1.72. The van der Waals surface area contributed by atoms with Crippen molar-refractivity contribution in [2.24, 2.45) is 5.73 Å². The predicted octanol–water partition coefficient (Wildman–Crippen LogP) is 3.93. The van der Waals surface area contributed by atoms with Crippen molar-refractivity contribution in [2.75, 3.05) is 11.9 Å². The first-order chi connectivity index (χ1) is 8.20. The molecule has 2 nitrogen and oxygen atoms in total. The van der Waals surface area contributed by atoms with Crippen LogP contribution in [-0.2, 0) is 0 Å². The first-order valence-corrected chi connectivity index (χ1v) is 7.14. The Hall–Kier alpha value is -0.840. The smallest absolute Gasteiger partial charge is 0.0739 e. The molecular weight excluding hydrogens is 296 g/mol. The number of halogens is 1. The van der Waals surface area contributed by atoms with E-state index in [2.05, 4.69) is 63.9 Å². The molecule has 1 unspecified atom stereocenters. The van der Waals surface area contributed by atoms with Gasteiger partial charge in [-0.05, 0) is 52.0 Å². The molecule has 90 valence electrons. The number of hydrogen-bond donors (Lipinski definition) is 2. The summed E-state index contributed by atoms with van der Waals surface area (Å²) in [6.07, 6.45) is 0. The fourth-order valence-corrected chi connectivity index (χ4v) is 3.44. The highest BCUT2D eigenvalue weighted by molar-refractivity contribution is 9.10. The molecule has 0 fully saturated rings. The second-order valence-corrected chi connectivity index (χ2v) is 5.74. The maximum absolute atomic E-state index is 5.84. The number of aryl methyl sites for hydroxylation is 1. The van der Waals surface area contributed by atoms with Crippen molar-refractivity contribution in [1.29, 1.82) is 0 Å². The summed E-state index contributed by atoms with van der Waals surface area (Å²) < 4.78 is 1.12. The highest BCUT2D eigenvalue weighted by Gasteiger charge is 2.14. The predicted molar refractivity (Wildman–Crippen MR) is 78.6 cm³/mol. The lowest BCUT2D eigenvalue weighted by molar-refractivity contribution is 0.802. The van der Waals surface area contributed by atoms with Crippen molar-refractivity contribution in [2.45, 2.75) is 13.0 Å². The summed E-state index contributed by atoms with van der Waals surface area (Å²) in [5.74, 6) is 0. The van der Waals surface area contributed by atoms with Gasteiger partial charge < -0.3 is 11.1 Å². The molecule has 0 amide bonds. The molecule has 2 rings (SSSR count). The first kappa shape index (κ1) is 12.6. The van der Waals surface area contributed by atoms with E-state index in [0.29, 0.717) is 6.54 Å². The standard InChI is InChI=1S/C13H15BrN2S/c1-9-3-2-4-10(7-9)16-12(8-15)13-11(14)5-6-17-13/h2-7,12,16H,8,15H2,1H3. The Labute approximate surface area is 114 Å². The third-order valence-corrected chi connectivity index (χ3v) is 4.54. The Bertz CT molecular complexity index is 496. The Kier molecular flexibility index (Phi) is 4.20. The van der Waals surface area contributed by atoms with Crippen LogP contribution in [0, 0.1) is 6.92 Å². The van der Waals surface area contributed by atoms with Crippen molar-refractivity contribution in [3.63, 3.8) is 0 Å². The normalized spacial score (nSPS) is 12.4. The van der Waals surface area contributed by atoms with Gasteiger partial charge >= 0.3 is 0 Å². The molecule has 17 heavy (non-hydrogen) atoms. The van der Waals surface area contributed by atoms with Gasteiger partial charge in [-0.25, -0.2) is 0 Å². The van der Waals surface area contributed by atoms with Crippen LogP contribution in [0.5, 0.6) is 0 Å². The van der Waals surface area contributed by atoms with Gasteiger partial charge in [0.15, 0.2) is 0 Å². The molecule has 1 heterocycles. The van der Waals surface area contributed by atoms with Crippen LogP contribution in [-0.4, -0.2) is 6.54 Å². The molecule has 0 radical (unpaired) electrons. The molecule has 0 saturated carbocycles. The number of benzene rings is 1. The van der Waals surface area contributed by atoms with Gasteiger partial charge in [-0.3, -0.25) is 0 Å². The third kappa shape index (κ3) is 3.09. The SMILES string of the molecule is Cc1cccc(NC(CN)c2sccc2Br)c1. The van der Waals surface area contributed by atoms with E-state index in [-0.39, 0.29) is 6.04 Å². The lowest BCUT2D eigenvalue weighted by atomic mass is 10.2. The highest BCUT2D eigenvalue weighted by Crippen LogP contribution is 2.30. The van der Waals surface area contributed by atoms with Gasteiger partial charge in [0.2, 0.25) is 0 Å². The van der Waals surface area contributed by atoms with Crippen molar-refractivity contribution in [3.05, 3.63) is 50.6 Å². The topological polar surface area (TPSA) is 38.0 Å². The summed E-state index contributed by atoms with van der Waals surface area (Å²) in [5.41, 5.74) is 8.20. The molecule has 0 aliphatic carbocycles. The van der Waals surface area contributed by atoms with E-state index in [1.54, 1.807) is 11.3 Å². The first-order valence-electron chi connectivity index (χ1n) is 5.47. The number of rotatable bonds is 4. The third-order valence-electron chi connectivity index (χ3n) is 2.56. The Morgan fingerprint density at radius 3 is 2.82 bits per heavy atom. The Balaban J connectivity index is 2.19. The second-order valence-electron chi connectivity index (χ2n) is 3.93. The fraction of sp³-hybridized carbons (Fsp3) is 0.231. The van der Waals surface area contributed by atoms with E-state index in [0.717, 1.165) is 10.2 Å². The van der Waals surface area contributed by atoms with Crippen LogP contribution in [0.4, 0.5) is 5.69 Å². The van der Waals surface area contributed by atoms with Gasteiger partial charge in [0.05, 0.1) is 6.04 Å². The Morgan fingerprint density at radius 1 is 1.41 bits per heavy atom. The van der Waals surface area contributed by atoms with Crippen molar-refractivity contribution >= 4 is 33.0 Å². The van der Waals surface area contributed by atoms with Crippen molar-refractivity contribution in [1.82, 2.24) is 0 Å².